The normalized spacial score (nSPS) is 17.0. The molecule has 1 aliphatic heterocycles. The standard InChI is InChI=1S/C23H26N2O3/c1-26-28-15-16-9-10-18-19(14-16)25-12-13-27-20-8-5-11-24-22(20)23(25)21(18)17-6-3-2-4-7-17/h5,8-11,14,17H,2-4,6-7,12-13,15H2,1H3. The van der Waals surface area contributed by atoms with E-state index < -0.39 is 0 Å². The zero-order chi connectivity index (χ0) is 18.9. The fourth-order valence-electron chi connectivity index (χ4n) is 4.86. The highest BCUT2D eigenvalue weighted by Gasteiger charge is 2.29. The van der Waals surface area contributed by atoms with E-state index in [2.05, 4.69) is 22.8 Å². The monoisotopic (exact) mass is 378 g/mol. The van der Waals surface area contributed by atoms with Gasteiger partial charge in [0.15, 0.2) is 0 Å². The van der Waals surface area contributed by atoms with Gasteiger partial charge in [0.25, 0.3) is 0 Å². The first-order valence-corrected chi connectivity index (χ1v) is 10.3. The van der Waals surface area contributed by atoms with E-state index in [1.807, 2.05) is 18.3 Å². The molecule has 0 spiro atoms. The van der Waals surface area contributed by atoms with Crippen LogP contribution in [0.1, 0.15) is 49.1 Å². The molecule has 3 aromatic rings. The number of benzene rings is 1. The van der Waals surface area contributed by atoms with Crippen LogP contribution in [0.3, 0.4) is 0 Å². The average Bonchev–Trinajstić information content (AvgIpc) is 2.94. The summed E-state index contributed by atoms with van der Waals surface area (Å²) >= 11 is 0. The third kappa shape index (κ3) is 2.99. The van der Waals surface area contributed by atoms with Crippen LogP contribution in [0.15, 0.2) is 36.5 Å². The molecule has 1 aromatic carbocycles. The summed E-state index contributed by atoms with van der Waals surface area (Å²) in [6.07, 6.45) is 8.34. The summed E-state index contributed by atoms with van der Waals surface area (Å²) in [6, 6.07) is 10.6. The number of nitrogens with zero attached hydrogens (tertiary/aromatic N) is 2. The molecule has 0 amide bonds. The summed E-state index contributed by atoms with van der Waals surface area (Å²) in [5, 5.41) is 1.35. The first-order chi connectivity index (χ1) is 13.9. The molecular formula is C23H26N2O3. The van der Waals surface area contributed by atoms with Crippen molar-refractivity contribution in [2.24, 2.45) is 0 Å². The molecule has 2 aliphatic rings. The van der Waals surface area contributed by atoms with Gasteiger partial charge in [-0.2, -0.15) is 0 Å². The Hall–Kier alpha value is -2.37. The lowest BCUT2D eigenvalue weighted by atomic mass is 9.82. The number of hydrogen-bond acceptors (Lipinski definition) is 4. The molecule has 0 atom stereocenters. The Kier molecular flexibility index (Phi) is 4.79. The maximum Gasteiger partial charge on any atom is 0.147 e. The van der Waals surface area contributed by atoms with Crippen molar-refractivity contribution in [3.05, 3.63) is 47.7 Å². The fourth-order valence-corrected chi connectivity index (χ4v) is 4.86. The van der Waals surface area contributed by atoms with Crippen molar-refractivity contribution >= 4 is 10.9 Å². The summed E-state index contributed by atoms with van der Waals surface area (Å²) in [7, 11) is 1.54. The summed E-state index contributed by atoms with van der Waals surface area (Å²) in [6.45, 7) is 1.92. The molecule has 1 saturated carbocycles. The molecule has 5 rings (SSSR count). The van der Waals surface area contributed by atoms with E-state index in [1.54, 1.807) is 7.11 Å². The van der Waals surface area contributed by atoms with E-state index in [0.717, 1.165) is 23.6 Å². The molecule has 0 saturated heterocycles. The second-order valence-corrected chi connectivity index (χ2v) is 7.73. The molecule has 5 nitrogen and oxygen atoms in total. The van der Waals surface area contributed by atoms with Gasteiger partial charge < -0.3 is 9.30 Å². The number of rotatable bonds is 4. The van der Waals surface area contributed by atoms with Crippen LogP contribution in [-0.4, -0.2) is 23.3 Å². The van der Waals surface area contributed by atoms with Crippen LogP contribution >= 0.6 is 0 Å². The minimum atomic E-state index is 0.442. The Morgan fingerprint density at radius 2 is 2.07 bits per heavy atom. The van der Waals surface area contributed by atoms with Gasteiger partial charge in [0.1, 0.15) is 24.7 Å². The molecular weight excluding hydrogens is 352 g/mol. The number of hydrogen-bond donors (Lipinski definition) is 0. The highest BCUT2D eigenvalue weighted by molar-refractivity contribution is 5.93. The summed E-state index contributed by atoms with van der Waals surface area (Å²) in [5.41, 5.74) is 6.04. The smallest absolute Gasteiger partial charge is 0.147 e. The number of ether oxygens (including phenoxy) is 1. The summed E-state index contributed by atoms with van der Waals surface area (Å²) < 4.78 is 8.46. The molecule has 3 heterocycles. The van der Waals surface area contributed by atoms with Gasteiger partial charge >= 0.3 is 0 Å². The SMILES string of the molecule is COOCc1ccc2c(C3CCCCC3)c3n(c2c1)CCOc1cccnc1-3. The van der Waals surface area contributed by atoms with E-state index in [-0.39, 0.29) is 0 Å². The van der Waals surface area contributed by atoms with E-state index in [0.29, 0.717) is 19.1 Å². The number of pyridine rings is 1. The van der Waals surface area contributed by atoms with Crippen molar-refractivity contribution in [2.45, 2.75) is 51.2 Å². The molecule has 1 fully saturated rings. The second-order valence-electron chi connectivity index (χ2n) is 7.73. The average molecular weight is 378 g/mol. The van der Waals surface area contributed by atoms with Gasteiger partial charge in [-0.05, 0) is 48.1 Å². The number of fused-ring (bicyclic) bond motifs is 5. The van der Waals surface area contributed by atoms with Crippen molar-refractivity contribution in [2.75, 3.05) is 13.7 Å². The first-order valence-electron chi connectivity index (χ1n) is 10.3. The van der Waals surface area contributed by atoms with E-state index in [4.69, 9.17) is 19.5 Å². The molecule has 28 heavy (non-hydrogen) atoms. The van der Waals surface area contributed by atoms with Crippen LogP contribution in [0, 0.1) is 0 Å². The van der Waals surface area contributed by atoms with Crippen LogP contribution in [0.25, 0.3) is 22.3 Å². The maximum atomic E-state index is 6.05. The number of aromatic nitrogens is 2. The van der Waals surface area contributed by atoms with E-state index >= 15 is 0 Å². The Morgan fingerprint density at radius 3 is 2.93 bits per heavy atom. The Morgan fingerprint density at radius 1 is 1.18 bits per heavy atom. The minimum Gasteiger partial charge on any atom is -0.489 e. The Balaban J connectivity index is 1.75. The van der Waals surface area contributed by atoms with Gasteiger partial charge in [-0.1, -0.05) is 31.4 Å². The van der Waals surface area contributed by atoms with Crippen molar-refractivity contribution < 1.29 is 14.5 Å². The van der Waals surface area contributed by atoms with Gasteiger partial charge in [-0.15, -0.1) is 0 Å². The molecule has 146 valence electrons. The zero-order valence-corrected chi connectivity index (χ0v) is 16.3. The van der Waals surface area contributed by atoms with Crippen molar-refractivity contribution in [3.63, 3.8) is 0 Å². The lowest BCUT2D eigenvalue weighted by molar-refractivity contribution is -0.282. The van der Waals surface area contributed by atoms with Gasteiger partial charge in [0, 0.05) is 17.1 Å². The van der Waals surface area contributed by atoms with Gasteiger partial charge in [0.05, 0.1) is 19.3 Å². The third-order valence-corrected chi connectivity index (χ3v) is 6.09. The zero-order valence-electron chi connectivity index (χ0n) is 16.3. The first kappa shape index (κ1) is 17.7. The van der Waals surface area contributed by atoms with Crippen molar-refractivity contribution in [3.8, 4) is 17.1 Å². The van der Waals surface area contributed by atoms with Gasteiger partial charge in [-0.3, -0.25) is 4.98 Å². The minimum absolute atomic E-state index is 0.442. The lowest BCUT2D eigenvalue weighted by Crippen LogP contribution is -2.07. The fraction of sp³-hybridized carbons (Fsp3) is 0.435. The van der Waals surface area contributed by atoms with Crippen LogP contribution in [0.5, 0.6) is 5.75 Å². The lowest BCUT2D eigenvalue weighted by Gasteiger charge is -2.23. The highest BCUT2D eigenvalue weighted by atomic mass is 17.2. The molecule has 5 heteroatoms. The van der Waals surface area contributed by atoms with E-state index in [1.165, 1.54) is 54.3 Å². The van der Waals surface area contributed by atoms with Crippen LogP contribution in [0.4, 0.5) is 0 Å². The molecule has 0 bridgehead atoms. The van der Waals surface area contributed by atoms with Crippen LogP contribution in [-0.2, 0) is 22.9 Å². The second kappa shape index (κ2) is 7.57. The quantitative estimate of drug-likeness (QED) is 0.461. The molecule has 0 unspecified atom stereocenters. The van der Waals surface area contributed by atoms with Crippen molar-refractivity contribution in [1.82, 2.24) is 9.55 Å². The van der Waals surface area contributed by atoms with Gasteiger partial charge in [0.2, 0.25) is 0 Å². The molecule has 0 radical (unpaired) electrons. The molecule has 0 N–H and O–H groups in total. The van der Waals surface area contributed by atoms with E-state index in [9.17, 15) is 0 Å². The maximum absolute atomic E-state index is 6.05. The molecule has 1 aliphatic carbocycles. The predicted molar refractivity (Wildman–Crippen MR) is 108 cm³/mol. The topological polar surface area (TPSA) is 45.5 Å². The van der Waals surface area contributed by atoms with Crippen molar-refractivity contribution in [1.29, 1.82) is 0 Å². The summed E-state index contributed by atoms with van der Waals surface area (Å²) in [4.78, 5) is 14.7. The summed E-state index contributed by atoms with van der Waals surface area (Å²) in [5.74, 6) is 1.48. The van der Waals surface area contributed by atoms with Crippen LogP contribution < -0.4 is 4.74 Å². The van der Waals surface area contributed by atoms with Gasteiger partial charge in [-0.25, -0.2) is 9.78 Å². The highest BCUT2D eigenvalue weighted by Crippen LogP contribution is 2.46. The molecule has 2 aromatic heterocycles. The Labute approximate surface area is 165 Å². The van der Waals surface area contributed by atoms with Crippen LogP contribution in [0.2, 0.25) is 0 Å². The largest absolute Gasteiger partial charge is 0.489 e. The third-order valence-electron chi connectivity index (χ3n) is 6.09. The Bertz CT molecular complexity index is 989. The predicted octanol–water partition coefficient (Wildman–Crippen LogP) is 5.22.